The fraction of sp³-hybridized carbons (Fsp3) is 0.474. The summed E-state index contributed by atoms with van der Waals surface area (Å²) in [6.45, 7) is 3.80. The van der Waals surface area contributed by atoms with E-state index < -0.39 is 41.1 Å². The van der Waals surface area contributed by atoms with Gasteiger partial charge >= 0.3 is 5.97 Å². The fourth-order valence-electron chi connectivity index (χ4n) is 3.18. The average Bonchev–Trinajstić information content (AvgIpc) is 3.26. The van der Waals surface area contributed by atoms with Crippen LogP contribution < -0.4 is 16.4 Å². The molecule has 14 heteroatoms. The van der Waals surface area contributed by atoms with Crippen LogP contribution in [0.2, 0.25) is 0 Å². The molecule has 0 spiro atoms. The Balaban J connectivity index is 1.69. The van der Waals surface area contributed by atoms with Gasteiger partial charge in [0.2, 0.25) is 5.91 Å². The van der Waals surface area contributed by atoms with Crippen LogP contribution in [-0.4, -0.2) is 74.7 Å². The summed E-state index contributed by atoms with van der Waals surface area (Å²) >= 11 is 2.41. The Morgan fingerprint density at radius 3 is 2.82 bits per heavy atom. The number of nitrogens with zero attached hydrogens (tertiary/aromatic N) is 3. The maximum absolute atomic E-state index is 12.9. The molecule has 178 valence electrons. The third-order valence-electron chi connectivity index (χ3n) is 5.29. The SMILES string of the molecule is CCC(C)[C@H](N)C(=O)Nc1nc(/C(=N/OC)C(=O)N[C@@H]2C(=O)N3C(C(=O)O)=CCS[C@H]23)cs1. The number of thioether (sulfide) groups is 1. The minimum atomic E-state index is -1.20. The van der Waals surface area contributed by atoms with E-state index in [0.717, 1.165) is 22.7 Å². The Bertz CT molecular complexity index is 1020. The summed E-state index contributed by atoms with van der Waals surface area (Å²) in [6.07, 6.45) is 2.19. The molecule has 1 aromatic rings. The molecule has 3 amide bonds. The second-order valence-electron chi connectivity index (χ2n) is 7.34. The number of aromatic nitrogens is 1. The molecular formula is C19H24N6O6S2. The van der Waals surface area contributed by atoms with Crippen molar-refractivity contribution in [1.29, 1.82) is 0 Å². The number of thiazole rings is 1. The Labute approximate surface area is 197 Å². The zero-order valence-electron chi connectivity index (χ0n) is 18.1. The van der Waals surface area contributed by atoms with Crippen LogP contribution in [0.4, 0.5) is 5.13 Å². The molecule has 1 aromatic heterocycles. The lowest BCUT2D eigenvalue weighted by Gasteiger charge is -2.48. The van der Waals surface area contributed by atoms with Gasteiger partial charge in [0, 0.05) is 11.1 Å². The molecule has 0 bridgehead atoms. The normalized spacial score (nSPS) is 21.8. The number of hydrogen-bond acceptors (Lipinski definition) is 10. The molecule has 3 heterocycles. The summed E-state index contributed by atoms with van der Waals surface area (Å²) in [7, 11) is 1.25. The van der Waals surface area contributed by atoms with Crippen molar-refractivity contribution < 1.29 is 29.1 Å². The number of nitrogens with two attached hydrogens (primary N) is 1. The lowest BCUT2D eigenvalue weighted by Crippen LogP contribution is -2.70. The number of hydrogen-bond donors (Lipinski definition) is 4. The number of anilines is 1. The minimum absolute atomic E-state index is 0.0189. The molecule has 3 rings (SSSR count). The number of β-lactam (4-membered cyclic amide) rings is 1. The van der Waals surface area contributed by atoms with E-state index >= 15 is 0 Å². The quantitative estimate of drug-likeness (QED) is 0.211. The van der Waals surface area contributed by atoms with Gasteiger partial charge < -0.3 is 26.3 Å². The fourth-order valence-corrected chi connectivity index (χ4v) is 5.08. The summed E-state index contributed by atoms with van der Waals surface area (Å²) < 4.78 is 0. The lowest BCUT2D eigenvalue weighted by atomic mass is 10.00. The van der Waals surface area contributed by atoms with Crippen LogP contribution in [0.1, 0.15) is 26.0 Å². The monoisotopic (exact) mass is 496 g/mol. The van der Waals surface area contributed by atoms with Crippen molar-refractivity contribution >= 4 is 57.6 Å². The number of carbonyl (C=O) groups excluding carboxylic acids is 3. The van der Waals surface area contributed by atoms with E-state index in [-0.39, 0.29) is 28.2 Å². The van der Waals surface area contributed by atoms with Crippen LogP contribution in [0.25, 0.3) is 0 Å². The molecule has 5 N–H and O–H groups in total. The standard InChI is InChI=1S/C19H24N6O6S2/c1-4-8(2)11(20)14(26)23-19-21-9(7-33-19)12(24-31-3)15(27)22-13-16(28)25-10(18(29)30)5-6-32-17(13)25/h5,7-8,11,13,17H,4,6,20H2,1-3H3,(H,22,27)(H,29,30)(H,21,23,26)/b24-12-/t8?,11-,13+,17+/m0/s1. The van der Waals surface area contributed by atoms with Gasteiger partial charge in [-0.05, 0) is 12.0 Å². The number of amides is 3. The first-order chi connectivity index (χ1) is 15.7. The van der Waals surface area contributed by atoms with Gasteiger partial charge in [-0.3, -0.25) is 19.3 Å². The Kier molecular flexibility index (Phi) is 7.71. The number of carboxylic acids is 1. The van der Waals surface area contributed by atoms with E-state index in [1.54, 1.807) is 0 Å². The summed E-state index contributed by atoms with van der Waals surface area (Å²) in [5.74, 6) is -2.47. The van der Waals surface area contributed by atoms with Crippen LogP contribution in [0, 0.1) is 5.92 Å². The van der Waals surface area contributed by atoms with Crippen LogP contribution in [-0.2, 0) is 24.0 Å². The average molecular weight is 497 g/mol. The summed E-state index contributed by atoms with van der Waals surface area (Å²) in [6, 6.07) is -1.62. The lowest BCUT2D eigenvalue weighted by molar-refractivity contribution is -0.150. The first kappa shape index (κ1) is 24.7. The molecule has 12 nitrogen and oxygen atoms in total. The summed E-state index contributed by atoms with van der Waals surface area (Å²) in [4.78, 5) is 59.1. The van der Waals surface area contributed by atoms with Gasteiger partial charge in [0.25, 0.3) is 11.8 Å². The molecule has 1 fully saturated rings. The van der Waals surface area contributed by atoms with Gasteiger partial charge in [0.05, 0.1) is 6.04 Å². The van der Waals surface area contributed by atoms with E-state index in [9.17, 15) is 24.3 Å². The van der Waals surface area contributed by atoms with Gasteiger partial charge in [-0.1, -0.05) is 25.4 Å². The largest absolute Gasteiger partial charge is 0.477 e. The van der Waals surface area contributed by atoms with Gasteiger partial charge in [-0.2, -0.15) is 0 Å². The van der Waals surface area contributed by atoms with Crippen molar-refractivity contribution in [2.24, 2.45) is 16.8 Å². The molecule has 2 aliphatic rings. The zero-order chi connectivity index (χ0) is 24.3. The Hall–Kier alpha value is -2.97. The van der Waals surface area contributed by atoms with Gasteiger partial charge in [-0.25, -0.2) is 9.78 Å². The zero-order valence-corrected chi connectivity index (χ0v) is 19.7. The third-order valence-corrected chi connectivity index (χ3v) is 7.23. The predicted octanol–water partition coefficient (Wildman–Crippen LogP) is 0.174. The van der Waals surface area contributed by atoms with Crippen molar-refractivity contribution in [2.45, 2.75) is 37.7 Å². The Morgan fingerprint density at radius 1 is 1.45 bits per heavy atom. The molecule has 0 aromatic carbocycles. The molecule has 0 radical (unpaired) electrons. The van der Waals surface area contributed by atoms with Crippen molar-refractivity contribution in [3.05, 3.63) is 22.8 Å². The third kappa shape index (κ3) is 5.02. The molecule has 1 unspecified atom stereocenters. The van der Waals surface area contributed by atoms with Crippen LogP contribution >= 0.6 is 23.1 Å². The minimum Gasteiger partial charge on any atom is -0.477 e. The maximum Gasteiger partial charge on any atom is 0.352 e. The van der Waals surface area contributed by atoms with E-state index in [2.05, 4.69) is 20.8 Å². The number of rotatable bonds is 9. The number of carboxylic acid groups (broad SMARTS) is 1. The number of oxime groups is 1. The molecule has 0 aliphatic carbocycles. The molecule has 0 saturated carbocycles. The van der Waals surface area contributed by atoms with Gasteiger partial charge in [-0.15, -0.1) is 23.1 Å². The number of nitrogens with one attached hydrogen (secondary N) is 2. The molecule has 2 aliphatic heterocycles. The first-order valence-corrected chi connectivity index (χ1v) is 11.9. The Morgan fingerprint density at radius 2 is 2.18 bits per heavy atom. The number of fused-ring (bicyclic) bond motifs is 1. The highest BCUT2D eigenvalue weighted by atomic mass is 32.2. The van der Waals surface area contributed by atoms with Crippen molar-refractivity contribution in [2.75, 3.05) is 18.2 Å². The first-order valence-electron chi connectivity index (χ1n) is 10.0. The van der Waals surface area contributed by atoms with E-state index in [1.165, 1.54) is 30.3 Å². The predicted molar refractivity (Wildman–Crippen MR) is 122 cm³/mol. The van der Waals surface area contributed by atoms with Crippen molar-refractivity contribution in [3.63, 3.8) is 0 Å². The highest BCUT2D eigenvalue weighted by Crippen LogP contribution is 2.37. The smallest absolute Gasteiger partial charge is 0.352 e. The van der Waals surface area contributed by atoms with E-state index in [1.807, 2.05) is 13.8 Å². The van der Waals surface area contributed by atoms with Gasteiger partial charge in [0.1, 0.15) is 29.9 Å². The highest BCUT2D eigenvalue weighted by molar-refractivity contribution is 8.00. The molecule has 33 heavy (non-hydrogen) atoms. The van der Waals surface area contributed by atoms with Crippen LogP contribution in [0.5, 0.6) is 0 Å². The van der Waals surface area contributed by atoms with E-state index in [4.69, 9.17) is 10.6 Å². The number of carbonyl (C=O) groups is 4. The van der Waals surface area contributed by atoms with Crippen molar-refractivity contribution in [3.8, 4) is 0 Å². The maximum atomic E-state index is 12.9. The van der Waals surface area contributed by atoms with Crippen LogP contribution in [0.15, 0.2) is 22.3 Å². The summed E-state index contributed by atoms with van der Waals surface area (Å²) in [5, 5.41) is 19.4. The molecule has 1 saturated heterocycles. The highest BCUT2D eigenvalue weighted by Gasteiger charge is 2.53. The number of aliphatic carboxylic acids is 1. The van der Waals surface area contributed by atoms with Gasteiger partial charge in [0.15, 0.2) is 10.8 Å². The van der Waals surface area contributed by atoms with Crippen molar-refractivity contribution in [1.82, 2.24) is 15.2 Å². The van der Waals surface area contributed by atoms with E-state index in [0.29, 0.717) is 5.75 Å². The molecule has 4 atom stereocenters. The summed E-state index contributed by atoms with van der Waals surface area (Å²) in [5.41, 5.74) is 5.77. The topological polar surface area (TPSA) is 176 Å². The van der Waals surface area contributed by atoms with Crippen LogP contribution in [0.3, 0.4) is 0 Å². The second kappa shape index (κ2) is 10.3. The molecular weight excluding hydrogens is 472 g/mol. The second-order valence-corrected chi connectivity index (χ2v) is 9.35.